The predicted molar refractivity (Wildman–Crippen MR) is 161 cm³/mol. The van der Waals surface area contributed by atoms with Crippen molar-refractivity contribution in [1.82, 2.24) is 10.3 Å². The Morgan fingerprint density at radius 3 is 2.23 bits per heavy atom. The summed E-state index contributed by atoms with van der Waals surface area (Å²) >= 11 is 8.03. The highest BCUT2D eigenvalue weighted by Gasteiger charge is 2.15. The Bertz CT molecular complexity index is 1540. The number of aromatic nitrogens is 1. The number of benzene rings is 4. The average molecular weight is 553 g/mol. The molecule has 5 rings (SSSR count). The molecule has 4 aromatic carbocycles. The van der Waals surface area contributed by atoms with Crippen molar-refractivity contribution in [2.75, 3.05) is 4.90 Å². The summed E-state index contributed by atoms with van der Waals surface area (Å²) in [6.07, 6.45) is 0. The van der Waals surface area contributed by atoms with Gasteiger partial charge in [-0.2, -0.15) is 0 Å². The molecule has 0 unspecified atom stereocenters. The summed E-state index contributed by atoms with van der Waals surface area (Å²) in [6.45, 7) is 2.29. The Hall–Kier alpha value is -3.97. The first-order chi connectivity index (χ1) is 19.1. The number of thiazole rings is 1. The number of halogens is 1. The summed E-state index contributed by atoms with van der Waals surface area (Å²) in [5.41, 5.74) is 12.5. The van der Waals surface area contributed by atoms with Crippen LogP contribution < -0.4 is 16.0 Å². The summed E-state index contributed by atoms with van der Waals surface area (Å²) in [5.74, 6) is -0.106. The van der Waals surface area contributed by atoms with E-state index >= 15 is 0 Å². The van der Waals surface area contributed by atoms with Gasteiger partial charge in [0.15, 0.2) is 5.13 Å². The van der Waals surface area contributed by atoms with E-state index in [-0.39, 0.29) is 5.91 Å². The first-order valence-corrected chi connectivity index (χ1v) is 14.0. The quantitative estimate of drug-likeness (QED) is 0.194. The second-order valence-electron chi connectivity index (χ2n) is 9.24. The SMILES string of the molecule is NCc1cccc(CNC(=O)c2ccc(CN(Cc3ccccc3)c3nc(-c4ccccc4Cl)cs3)cc2)c1. The lowest BCUT2D eigenvalue weighted by Gasteiger charge is -2.22. The molecule has 0 aliphatic carbocycles. The Morgan fingerprint density at radius 1 is 0.821 bits per heavy atom. The Kier molecular flexibility index (Phi) is 8.68. The van der Waals surface area contributed by atoms with Crippen molar-refractivity contribution in [1.29, 1.82) is 0 Å². The lowest BCUT2D eigenvalue weighted by atomic mass is 10.1. The van der Waals surface area contributed by atoms with E-state index in [1.54, 1.807) is 11.3 Å². The zero-order valence-corrected chi connectivity index (χ0v) is 23.0. The zero-order chi connectivity index (χ0) is 27.0. The van der Waals surface area contributed by atoms with Crippen LogP contribution in [0.1, 0.15) is 32.6 Å². The molecule has 0 atom stereocenters. The van der Waals surface area contributed by atoms with Crippen LogP contribution in [0, 0.1) is 0 Å². The molecule has 1 aromatic heterocycles. The van der Waals surface area contributed by atoms with Crippen molar-refractivity contribution in [2.24, 2.45) is 5.73 Å². The molecule has 0 spiro atoms. The molecule has 0 saturated heterocycles. The van der Waals surface area contributed by atoms with Crippen molar-refractivity contribution >= 4 is 34.0 Å². The van der Waals surface area contributed by atoms with Gasteiger partial charge in [0.1, 0.15) is 0 Å². The fraction of sp³-hybridized carbons (Fsp3) is 0.125. The summed E-state index contributed by atoms with van der Waals surface area (Å²) in [5, 5.41) is 6.64. The van der Waals surface area contributed by atoms with E-state index in [0.717, 1.165) is 33.1 Å². The van der Waals surface area contributed by atoms with Gasteiger partial charge < -0.3 is 16.0 Å². The smallest absolute Gasteiger partial charge is 0.251 e. The fourth-order valence-electron chi connectivity index (χ4n) is 4.33. The number of hydrogen-bond acceptors (Lipinski definition) is 5. The van der Waals surface area contributed by atoms with Crippen LogP contribution in [0.3, 0.4) is 0 Å². The molecule has 0 bridgehead atoms. The van der Waals surface area contributed by atoms with Crippen LogP contribution in [0.2, 0.25) is 5.02 Å². The van der Waals surface area contributed by atoms with Crippen LogP contribution in [0.25, 0.3) is 11.3 Å². The van der Waals surface area contributed by atoms with E-state index in [0.29, 0.717) is 36.8 Å². The average Bonchev–Trinajstić information content (AvgIpc) is 3.47. The number of nitrogens with one attached hydrogen (secondary N) is 1. The Labute approximate surface area is 237 Å². The van der Waals surface area contributed by atoms with Crippen LogP contribution in [0.5, 0.6) is 0 Å². The molecule has 5 aromatic rings. The molecular weight excluding hydrogens is 524 g/mol. The third kappa shape index (κ3) is 6.92. The van der Waals surface area contributed by atoms with Gasteiger partial charge in [-0.15, -0.1) is 11.3 Å². The van der Waals surface area contributed by atoms with Gasteiger partial charge in [0.25, 0.3) is 5.91 Å². The lowest BCUT2D eigenvalue weighted by Crippen LogP contribution is -2.23. The van der Waals surface area contributed by atoms with E-state index in [9.17, 15) is 4.79 Å². The minimum absolute atomic E-state index is 0.106. The Morgan fingerprint density at radius 2 is 1.49 bits per heavy atom. The van der Waals surface area contributed by atoms with Gasteiger partial charge in [-0.1, -0.05) is 96.5 Å². The molecule has 3 N–H and O–H groups in total. The largest absolute Gasteiger partial charge is 0.348 e. The van der Waals surface area contributed by atoms with Crippen LogP contribution in [-0.4, -0.2) is 10.9 Å². The van der Waals surface area contributed by atoms with Crippen LogP contribution in [-0.2, 0) is 26.2 Å². The molecule has 7 heteroatoms. The summed E-state index contributed by atoms with van der Waals surface area (Å²) in [6, 6.07) is 33.8. The van der Waals surface area contributed by atoms with Gasteiger partial charge in [0, 0.05) is 47.7 Å². The van der Waals surface area contributed by atoms with Crippen molar-refractivity contribution in [3.8, 4) is 11.3 Å². The first kappa shape index (κ1) is 26.6. The number of carbonyl (C=O) groups excluding carboxylic acids is 1. The number of carbonyl (C=O) groups is 1. The molecule has 1 heterocycles. The maximum Gasteiger partial charge on any atom is 0.251 e. The van der Waals surface area contributed by atoms with Gasteiger partial charge in [-0.25, -0.2) is 4.98 Å². The van der Waals surface area contributed by atoms with Crippen LogP contribution in [0.15, 0.2) is 109 Å². The molecule has 39 heavy (non-hydrogen) atoms. The van der Waals surface area contributed by atoms with Crippen molar-refractivity contribution < 1.29 is 4.79 Å². The lowest BCUT2D eigenvalue weighted by molar-refractivity contribution is 0.0951. The molecule has 0 aliphatic heterocycles. The molecule has 0 saturated carbocycles. The van der Waals surface area contributed by atoms with Crippen molar-refractivity contribution in [3.63, 3.8) is 0 Å². The number of hydrogen-bond donors (Lipinski definition) is 2. The summed E-state index contributed by atoms with van der Waals surface area (Å²) in [7, 11) is 0. The van der Waals surface area contributed by atoms with Crippen molar-refractivity contribution in [3.05, 3.63) is 141 Å². The number of rotatable bonds is 10. The monoisotopic (exact) mass is 552 g/mol. The number of amides is 1. The third-order valence-corrected chi connectivity index (χ3v) is 7.63. The number of nitrogens with two attached hydrogens (primary N) is 1. The molecule has 0 aliphatic rings. The highest BCUT2D eigenvalue weighted by atomic mass is 35.5. The number of anilines is 1. The van der Waals surface area contributed by atoms with E-state index in [1.165, 1.54) is 5.56 Å². The second-order valence-corrected chi connectivity index (χ2v) is 10.5. The molecular formula is C32H29ClN4OS. The molecule has 0 radical (unpaired) electrons. The van der Waals surface area contributed by atoms with Crippen LogP contribution >= 0.6 is 22.9 Å². The topological polar surface area (TPSA) is 71.2 Å². The Balaban J connectivity index is 1.30. The second kappa shape index (κ2) is 12.7. The third-order valence-electron chi connectivity index (χ3n) is 6.40. The maximum absolute atomic E-state index is 12.8. The van der Waals surface area contributed by atoms with E-state index in [2.05, 4.69) is 22.3 Å². The first-order valence-electron chi connectivity index (χ1n) is 12.7. The van der Waals surface area contributed by atoms with Crippen molar-refractivity contribution in [2.45, 2.75) is 26.2 Å². The minimum atomic E-state index is -0.106. The van der Waals surface area contributed by atoms with E-state index < -0.39 is 0 Å². The normalized spacial score (nSPS) is 10.8. The molecule has 0 fully saturated rings. The van der Waals surface area contributed by atoms with Gasteiger partial charge >= 0.3 is 0 Å². The highest BCUT2D eigenvalue weighted by molar-refractivity contribution is 7.14. The fourth-order valence-corrected chi connectivity index (χ4v) is 5.39. The van der Waals surface area contributed by atoms with Gasteiger partial charge in [0.05, 0.1) is 5.69 Å². The predicted octanol–water partition coefficient (Wildman–Crippen LogP) is 7.06. The standard InChI is InChI=1S/C32H29ClN4OS/c33-29-12-5-4-11-28(29)30-22-39-32(36-30)37(20-23-7-2-1-3-8-23)21-24-13-15-27(16-14-24)31(38)35-19-26-10-6-9-25(17-26)18-34/h1-17,22H,18-21,34H2,(H,35,38). The maximum atomic E-state index is 12.8. The minimum Gasteiger partial charge on any atom is -0.348 e. The van der Waals surface area contributed by atoms with Gasteiger partial charge in [-0.05, 0) is 40.5 Å². The number of nitrogens with zero attached hydrogens (tertiary/aromatic N) is 2. The highest BCUT2D eigenvalue weighted by Crippen LogP contribution is 2.33. The summed E-state index contributed by atoms with van der Waals surface area (Å²) in [4.78, 5) is 20.0. The summed E-state index contributed by atoms with van der Waals surface area (Å²) < 4.78 is 0. The van der Waals surface area contributed by atoms with Crippen LogP contribution in [0.4, 0.5) is 5.13 Å². The molecule has 196 valence electrons. The van der Waals surface area contributed by atoms with E-state index in [4.69, 9.17) is 22.3 Å². The van der Waals surface area contributed by atoms with E-state index in [1.807, 2.05) is 96.4 Å². The molecule has 5 nitrogen and oxygen atoms in total. The zero-order valence-electron chi connectivity index (χ0n) is 21.4. The molecule has 1 amide bonds. The van der Waals surface area contributed by atoms with Gasteiger partial charge in [0.2, 0.25) is 0 Å². The van der Waals surface area contributed by atoms with Gasteiger partial charge in [-0.3, -0.25) is 4.79 Å².